The van der Waals surface area contributed by atoms with Gasteiger partial charge in [0.15, 0.2) is 0 Å². The number of hydrogen-bond acceptors (Lipinski definition) is 9. The van der Waals surface area contributed by atoms with Crippen LogP contribution in [0.2, 0.25) is 0 Å². The van der Waals surface area contributed by atoms with Crippen LogP contribution in [0, 0.1) is 0 Å². The predicted molar refractivity (Wildman–Crippen MR) is 198 cm³/mol. The van der Waals surface area contributed by atoms with Crippen LogP contribution < -0.4 is 5.32 Å². The molecule has 13 nitrogen and oxygen atoms in total. The minimum atomic E-state index is -0.666. The van der Waals surface area contributed by atoms with Crippen molar-refractivity contribution in [1.29, 1.82) is 0 Å². The molecule has 4 aromatic rings. The summed E-state index contributed by atoms with van der Waals surface area (Å²) in [6.07, 6.45) is 8.34. The van der Waals surface area contributed by atoms with E-state index in [-0.39, 0.29) is 24.1 Å². The van der Waals surface area contributed by atoms with Crippen LogP contribution in [0.4, 0.5) is 15.4 Å². The van der Waals surface area contributed by atoms with Gasteiger partial charge in [0.2, 0.25) is 0 Å². The zero-order chi connectivity index (χ0) is 37.2. The minimum Gasteiger partial charge on any atom is -0.444 e. The molecule has 0 radical (unpaired) electrons. The third-order valence-electron chi connectivity index (χ3n) is 9.28. The molecule has 2 aliphatic rings. The first-order chi connectivity index (χ1) is 24.6. The monoisotopic (exact) mass is 713 g/mol. The number of aromatic nitrogens is 4. The van der Waals surface area contributed by atoms with Gasteiger partial charge < -0.3 is 24.4 Å². The van der Waals surface area contributed by atoms with Gasteiger partial charge in [-0.3, -0.25) is 14.4 Å². The predicted octanol–water partition coefficient (Wildman–Crippen LogP) is 7.12. The smallest absolute Gasteiger partial charge is 0.419 e. The fourth-order valence-corrected chi connectivity index (χ4v) is 6.71. The number of fused-ring (bicyclic) bond motifs is 1. The highest BCUT2D eigenvalue weighted by atomic mass is 16.6. The molecule has 5 heterocycles. The maximum Gasteiger partial charge on any atom is 0.419 e. The van der Waals surface area contributed by atoms with E-state index in [0.29, 0.717) is 43.1 Å². The number of hydrogen-bond donors (Lipinski definition) is 1. The standard InChI is InChI=1S/C39H51N7O6/c1-38(2,3)51-36(48)44-17-14-30(15-18-44)50-20-19-45-25-29(24-41-45)26-10-12-27(13-11-26)35(47)42-34-22-32-28(23-40-34)21-33(31-9-8-16-43(31)7)46(32)37(49)52-39(4,5)6/h10-13,21-25,30-31H,8-9,14-20H2,1-7H3,(H,40,42,47)/t31-/m1/s1. The second-order valence-electron chi connectivity index (χ2n) is 15.7. The Hall–Kier alpha value is -4.75. The van der Waals surface area contributed by atoms with Crippen LogP contribution in [0.15, 0.2) is 55.0 Å². The number of piperidine rings is 1. The molecule has 1 aromatic carbocycles. The lowest BCUT2D eigenvalue weighted by molar-refractivity contribution is -0.0135. The Bertz CT molecular complexity index is 1890. The number of nitrogens with zero attached hydrogens (tertiary/aromatic N) is 6. The van der Waals surface area contributed by atoms with E-state index in [1.54, 1.807) is 40.1 Å². The number of amides is 2. The van der Waals surface area contributed by atoms with Crippen molar-refractivity contribution < 1.29 is 28.6 Å². The maximum absolute atomic E-state index is 13.5. The van der Waals surface area contributed by atoms with E-state index in [1.807, 2.05) is 70.6 Å². The van der Waals surface area contributed by atoms with E-state index >= 15 is 0 Å². The Morgan fingerprint density at radius 3 is 2.21 bits per heavy atom. The zero-order valence-corrected chi connectivity index (χ0v) is 31.3. The molecule has 0 bridgehead atoms. The largest absolute Gasteiger partial charge is 0.444 e. The van der Waals surface area contributed by atoms with Crippen LogP contribution >= 0.6 is 0 Å². The van der Waals surface area contributed by atoms with Crippen molar-refractivity contribution in [1.82, 2.24) is 29.1 Å². The second-order valence-corrected chi connectivity index (χ2v) is 15.7. The van der Waals surface area contributed by atoms with Crippen molar-refractivity contribution in [3.8, 4) is 11.1 Å². The van der Waals surface area contributed by atoms with Gasteiger partial charge in [0, 0.05) is 53.8 Å². The SMILES string of the molecule is CN1CCC[C@@H]1c1cc2cnc(NC(=O)c3ccc(-c4cnn(CCOC5CCN(C(=O)OC(C)(C)C)CC5)c4)cc3)cc2n1C(=O)OC(C)(C)C. The van der Waals surface area contributed by atoms with Crippen molar-refractivity contribution in [2.45, 2.75) is 97.1 Å². The second kappa shape index (κ2) is 15.1. The Morgan fingerprint density at radius 2 is 1.56 bits per heavy atom. The summed E-state index contributed by atoms with van der Waals surface area (Å²) in [6, 6.07) is 11.1. The fourth-order valence-electron chi connectivity index (χ4n) is 6.71. The topological polar surface area (TPSA) is 133 Å². The summed E-state index contributed by atoms with van der Waals surface area (Å²) in [5.41, 5.74) is 2.65. The number of likely N-dealkylation sites (tertiary alicyclic amines) is 2. The average Bonchev–Trinajstić information content (AvgIpc) is 3.82. The van der Waals surface area contributed by atoms with Crippen molar-refractivity contribution in [2.24, 2.45) is 0 Å². The summed E-state index contributed by atoms with van der Waals surface area (Å²) in [6.45, 7) is 14.5. The molecular weight excluding hydrogens is 662 g/mol. The number of anilines is 1. The molecule has 2 amide bonds. The Labute approximate surface area is 305 Å². The summed E-state index contributed by atoms with van der Waals surface area (Å²) in [4.78, 5) is 47.6. The van der Waals surface area contributed by atoms with E-state index in [2.05, 4.69) is 27.3 Å². The zero-order valence-electron chi connectivity index (χ0n) is 31.3. The number of nitrogens with one attached hydrogen (secondary N) is 1. The molecule has 1 atom stereocenters. The van der Waals surface area contributed by atoms with Crippen molar-refractivity contribution in [2.75, 3.05) is 38.6 Å². The molecule has 13 heteroatoms. The third kappa shape index (κ3) is 8.99. The first kappa shape index (κ1) is 37.0. The molecule has 278 valence electrons. The van der Waals surface area contributed by atoms with Gasteiger partial charge in [0.25, 0.3) is 5.91 Å². The molecular formula is C39H51N7O6. The molecule has 2 fully saturated rings. The van der Waals surface area contributed by atoms with E-state index in [0.717, 1.165) is 54.4 Å². The molecule has 2 aliphatic heterocycles. The lowest BCUT2D eigenvalue weighted by Crippen LogP contribution is -2.43. The molecule has 3 aromatic heterocycles. The maximum atomic E-state index is 13.5. The highest BCUT2D eigenvalue weighted by Gasteiger charge is 2.31. The molecule has 2 saturated heterocycles. The number of pyridine rings is 1. The van der Waals surface area contributed by atoms with E-state index in [9.17, 15) is 14.4 Å². The Kier molecular flexibility index (Phi) is 10.7. The normalized spacial score (nSPS) is 17.4. The molecule has 0 saturated carbocycles. The van der Waals surface area contributed by atoms with Crippen LogP contribution in [0.3, 0.4) is 0 Å². The molecule has 0 aliphatic carbocycles. The number of rotatable bonds is 8. The van der Waals surface area contributed by atoms with Crippen LogP contribution in [0.25, 0.3) is 22.0 Å². The van der Waals surface area contributed by atoms with E-state index < -0.39 is 17.3 Å². The first-order valence-electron chi connectivity index (χ1n) is 18.1. The first-order valence-corrected chi connectivity index (χ1v) is 18.1. The highest BCUT2D eigenvalue weighted by Crippen LogP contribution is 2.35. The molecule has 0 spiro atoms. The van der Waals surface area contributed by atoms with Gasteiger partial charge in [0.1, 0.15) is 17.0 Å². The van der Waals surface area contributed by atoms with E-state index in [1.165, 1.54) is 0 Å². The minimum absolute atomic E-state index is 0.0823. The van der Waals surface area contributed by atoms with Crippen molar-refractivity contribution in [3.63, 3.8) is 0 Å². The Morgan fingerprint density at radius 1 is 0.865 bits per heavy atom. The van der Waals surface area contributed by atoms with Crippen LogP contribution in [-0.4, -0.2) is 97.8 Å². The quantitative estimate of drug-likeness (QED) is 0.203. The number of carbonyl (C=O) groups excluding carboxylic acids is 3. The number of carbonyl (C=O) groups is 3. The molecule has 0 unspecified atom stereocenters. The van der Waals surface area contributed by atoms with Crippen LogP contribution in [-0.2, 0) is 20.8 Å². The summed E-state index contributed by atoms with van der Waals surface area (Å²) in [5.74, 6) is 0.0298. The van der Waals surface area contributed by atoms with Crippen LogP contribution in [0.5, 0.6) is 0 Å². The highest BCUT2D eigenvalue weighted by molar-refractivity contribution is 6.05. The van der Waals surface area contributed by atoms with Crippen LogP contribution in [0.1, 0.15) is 89.3 Å². The van der Waals surface area contributed by atoms with Crippen molar-refractivity contribution >= 4 is 34.8 Å². The summed E-state index contributed by atoms with van der Waals surface area (Å²) < 4.78 is 20.9. The van der Waals surface area contributed by atoms with Crippen molar-refractivity contribution in [3.05, 3.63) is 66.2 Å². The van der Waals surface area contributed by atoms with Gasteiger partial charge in [-0.25, -0.2) is 19.1 Å². The lowest BCUT2D eigenvalue weighted by atomic mass is 10.1. The average molecular weight is 714 g/mol. The lowest BCUT2D eigenvalue weighted by Gasteiger charge is -2.33. The Balaban J connectivity index is 1.05. The van der Waals surface area contributed by atoms with Gasteiger partial charge in [-0.05, 0) is 105 Å². The number of ether oxygens (including phenoxy) is 3. The number of benzene rings is 1. The summed E-state index contributed by atoms with van der Waals surface area (Å²) >= 11 is 0. The van der Waals surface area contributed by atoms with Gasteiger partial charge >= 0.3 is 12.2 Å². The third-order valence-corrected chi connectivity index (χ3v) is 9.28. The molecule has 1 N–H and O–H groups in total. The fraction of sp³-hybridized carbons (Fsp3) is 0.513. The molecule has 6 rings (SSSR count). The van der Waals surface area contributed by atoms with E-state index in [4.69, 9.17) is 14.2 Å². The summed E-state index contributed by atoms with van der Waals surface area (Å²) in [5, 5.41) is 8.20. The summed E-state index contributed by atoms with van der Waals surface area (Å²) in [7, 11) is 2.06. The van der Waals surface area contributed by atoms with Gasteiger partial charge in [-0.2, -0.15) is 5.10 Å². The van der Waals surface area contributed by atoms with Gasteiger partial charge in [0.05, 0.1) is 37.0 Å². The van der Waals surface area contributed by atoms with Gasteiger partial charge in [-0.1, -0.05) is 12.1 Å². The molecule has 52 heavy (non-hydrogen) atoms. The van der Waals surface area contributed by atoms with Gasteiger partial charge in [-0.15, -0.1) is 0 Å².